The molecule has 0 spiro atoms. The second-order valence-corrected chi connectivity index (χ2v) is 9.88. The van der Waals surface area contributed by atoms with Crippen LogP contribution in [-0.4, -0.2) is 17.9 Å². The number of nitrogens with zero attached hydrogens (tertiary/aromatic N) is 1. The lowest BCUT2D eigenvalue weighted by molar-refractivity contribution is 0.0719. The van der Waals surface area contributed by atoms with Crippen LogP contribution in [0.25, 0.3) is 0 Å². The van der Waals surface area contributed by atoms with Crippen molar-refractivity contribution in [3.8, 4) is 11.5 Å². The fourth-order valence-electron chi connectivity index (χ4n) is 7.15. The highest BCUT2D eigenvalue weighted by molar-refractivity contribution is 6.05. The van der Waals surface area contributed by atoms with Crippen molar-refractivity contribution in [1.82, 2.24) is 0 Å². The largest absolute Gasteiger partial charge is 0.508 e. The van der Waals surface area contributed by atoms with Gasteiger partial charge >= 0.3 is 0 Å². The average Bonchev–Trinajstić information content (AvgIpc) is 3.02. The number of benzene rings is 2. The number of hydrogen-bond acceptors (Lipinski definition) is 3. The summed E-state index contributed by atoms with van der Waals surface area (Å²) >= 11 is 0. The number of rotatable bonds is 2. The molecule has 0 aromatic heterocycles. The maximum absolute atomic E-state index is 10.6. The van der Waals surface area contributed by atoms with Crippen LogP contribution in [0.1, 0.15) is 79.7 Å². The van der Waals surface area contributed by atoms with Gasteiger partial charge in [-0.25, -0.2) is 0 Å². The Morgan fingerprint density at radius 2 is 1.93 bits per heavy atom. The summed E-state index contributed by atoms with van der Waals surface area (Å²) in [5.74, 6) is 3.40. The first-order chi connectivity index (χ1) is 14.1. The third kappa shape index (κ3) is 2.39. The first-order valence-electron chi connectivity index (χ1n) is 11.2. The van der Waals surface area contributed by atoms with Crippen LogP contribution in [0.2, 0.25) is 0 Å². The molecule has 2 aromatic carbocycles. The highest BCUT2D eigenvalue weighted by Crippen LogP contribution is 2.62. The first kappa shape index (κ1) is 17.6. The number of phenolic OH excluding ortho intramolecular Hbond substituents is 1. The Hall–Kier alpha value is -2.29. The molecule has 29 heavy (non-hydrogen) atoms. The number of hydrogen-bond donors (Lipinski definition) is 1. The standard InChI is InChI=1S/C26H29NO2/c1-26-10-5-7-21(26)18-13-22-19-14-24(29-2)20(12-17(19)15(18)9-11-26)25(27-22)16-6-3-4-8-23(16)28/h3-4,6,8,12,14-15,18,21,25,28H,5,7,9-11,13H2,1-2H3/t15-,18-,21+,25?,26+/m1/s1. The van der Waals surface area contributed by atoms with Gasteiger partial charge in [0.25, 0.3) is 0 Å². The quantitative estimate of drug-likeness (QED) is 0.687. The van der Waals surface area contributed by atoms with Gasteiger partial charge in [0.2, 0.25) is 0 Å². The minimum Gasteiger partial charge on any atom is -0.508 e. The van der Waals surface area contributed by atoms with Gasteiger partial charge in [-0.2, -0.15) is 0 Å². The molecule has 7 rings (SSSR count). The van der Waals surface area contributed by atoms with Gasteiger partial charge in [-0.1, -0.05) is 31.5 Å². The zero-order valence-corrected chi connectivity index (χ0v) is 17.3. The van der Waals surface area contributed by atoms with E-state index in [1.165, 1.54) is 48.9 Å². The van der Waals surface area contributed by atoms with Crippen molar-refractivity contribution >= 4 is 5.71 Å². The van der Waals surface area contributed by atoms with Crippen molar-refractivity contribution in [3.63, 3.8) is 0 Å². The summed E-state index contributed by atoms with van der Waals surface area (Å²) in [6, 6.07) is 12.0. The smallest absolute Gasteiger partial charge is 0.125 e. The van der Waals surface area contributed by atoms with Gasteiger partial charge in [-0.05, 0) is 79.0 Å². The molecule has 1 unspecified atom stereocenters. The van der Waals surface area contributed by atoms with Crippen LogP contribution in [0.4, 0.5) is 0 Å². The van der Waals surface area contributed by atoms with E-state index in [0.29, 0.717) is 23.0 Å². The third-order valence-electron chi connectivity index (χ3n) is 8.57. The number of aromatic hydroxyl groups is 1. The normalized spacial score (nSPS) is 34.2. The molecule has 3 heteroatoms. The molecule has 0 saturated heterocycles. The van der Waals surface area contributed by atoms with Gasteiger partial charge < -0.3 is 9.84 Å². The van der Waals surface area contributed by atoms with Crippen LogP contribution in [0.15, 0.2) is 41.4 Å². The third-order valence-corrected chi connectivity index (χ3v) is 8.57. The van der Waals surface area contributed by atoms with Crippen molar-refractivity contribution in [2.75, 3.05) is 7.11 Å². The molecular weight excluding hydrogens is 358 g/mol. The average molecular weight is 388 g/mol. The Balaban J connectivity index is 1.53. The minimum absolute atomic E-state index is 0.192. The molecule has 0 amide bonds. The lowest BCUT2D eigenvalue weighted by Crippen LogP contribution is -2.41. The summed E-state index contributed by atoms with van der Waals surface area (Å²) in [7, 11) is 1.74. The Morgan fingerprint density at radius 1 is 1.07 bits per heavy atom. The summed E-state index contributed by atoms with van der Waals surface area (Å²) in [6.45, 7) is 2.54. The van der Waals surface area contributed by atoms with E-state index in [0.717, 1.165) is 29.2 Å². The van der Waals surface area contributed by atoms with Crippen molar-refractivity contribution in [2.24, 2.45) is 22.2 Å². The van der Waals surface area contributed by atoms with E-state index in [-0.39, 0.29) is 6.04 Å². The van der Waals surface area contributed by atoms with E-state index in [2.05, 4.69) is 19.1 Å². The van der Waals surface area contributed by atoms with E-state index < -0.39 is 0 Å². The Morgan fingerprint density at radius 3 is 2.76 bits per heavy atom. The molecule has 3 aliphatic carbocycles. The number of phenols is 1. The molecule has 2 heterocycles. The summed E-state index contributed by atoms with van der Waals surface area (Å²) in [5, 5.41) is 10.6. The van der Waals surface area contributed by atoms with Crippen LogP contribution in [0.5, 0.6) is 11.5 Å². The predicted octanol–water partition coefficient (Wildman–Crippen LogP) is 6.00. The molecule has 2 aromatic rings. The number of aliphatic imine (C=N–C) groups is 1. The summed E-state index contributed by atoms with van der Waals surface area (Å²) in [6.07, 6.45) is 7.89. The zero-order valence-electron chi connectivity index (χ0n) is 17.3. The lowest BCUT2D eigenvalue weighted by Gasteiger charge is -2.49. The number of fused-ring (bicyclic) bond motifs is 5. The fraction of sp³-hybridized carbons (Fsp3) is 0.500. The SMILES string of the molecule is COc1cc2c3cc1C(c1ccccc1O)N=C2C[C@@H]1[C@@H]3CC[C@]2(C)CCC[C@@H]12. The van der Waals surface area contributed by atoms with Crippen molar-refractivity contribution < 1.29 is 9.84 Å². The highest BCUT2D eigenvalue weighted by Gasteiger charge is 2.52. The fourth-order valence-corrected chi connectivity index (χ4v) is 7.15. The van der Waals surface area contributed by atoms with Crippen molar-refractivity contribution in [1.29, 1.82) is 0 Å². The maximum Gasteiger partial charge on any atom is 0.125 e. The highest BCUT2D eigenvalue weighted by atomic mass is 16.5. The molecule has 3 nitrogen and oxygen atoms in total. The van der Waals surface area contributed by atoms with Crippen LogP contribution in [0.3, 0.4) is 0 Å². The molecule has 5 aliphatic rings. The number of para-hydroxylation sites is 1. The molecular formula is C26H29NO2. The monoisotopic (exact) mass is 387 g/mol. The van der Waals surface area contributed by atoms with Crippen LogP contribution in [0, 0.1) is 17.3 Å². The van der Waals surface area contributed by atoms with Gasteiger partial charge in [0, 0.05) is 22.4 Å². The first-order valence-corrected chi connectivity index (χ1v) is 11.2. The minimum atomic E-state index is -0.192. The van der Waals surface area contributed by atoms with E-state index >= 15 is 0 Å². The van der Waals surface area contributed by atoms with E-state index in [9.17, 15) is 5.11 Å². The second-order valence-electron chi connectivity index (χ2n) is 9.88. The van der Waals surface area contributed by atoms with Gasteiger partial charge in [0.15, 0.2) is 0 Å². The number of methoxy groups -OCH3 is 1. The van der Waals surface area contributed by atoms with Crippen LogP contribution in [-0.2, 0) is 0 Å². The van der Waals surface area contributed by atoms with Gasteiger partial charge in [0.1, 0.15) is 17.5 Å². The Kier molecular flexibility index (Phi) is 3.70. The molecule has 150 valence electrons. The Bertz CT molecular complexity index is 1030. The van der Waals surface area contributed by atoms with E-state index in [4.69, 9.17) is 9.73 Å². The van der Waals surface area contributed by atoms with Gasteiger partial charge in [-0.3, -0.25) is 4.99 Å². The molecule has 2 fully saturated rings. The second kappa shape index (κ2) is 6.10. The summed E-state index contributed by atoms with van der Waals surface area (Å²) < 4.78 is 5.79. The summed E-state index contributed by atoms with van der Waals surface area (Å²) in [5.41, 5.74) is 6.52. The molecule has 4 bridgehead atoms. The van der Waals surface area contributed by atoms with Gasteiger partial charge in [-0.15, -0.1) is 0 Å². The predicted molar refractivity (Wildman–Crippen MR) is 115 cm³/mol. The van der Waals surface area contributed by atoms with Crippen LogP contribution >= 0.6 is 0 Å². The van der Waals surface area contributed by atoms with Crippen molar-refractivity contribution in [3.05, 3.63) is 58.7 Å². The van der Waals surface area contributed by atoms with E-state index in [1.807, 2.05) is 18.2 Å². The topological polar surface area (TPSA) is 41.8 Å². The molecule has 1 N–H and O–H groups in total. The molecule has 0 radical (unpaired) electrons. The lowest BCUT2D eigenvalue weighted by atomic mass is 9.55. The van der Waals surface area contributed by atoms with E-state index in [1.54, 1.807) is 13.2 Å². The zero-order chi connectivity index (χ0) is 19.8. The molecule has 5 atom stereocenters. The number of ether oxygens (including phenoxy) is 1. The van der Waals surface area contributed by atoms with Gasteiger partial charge in [0.05, 0.1) is 7.11 Å². The summed E-state index contributed by atoms with van der Waals surface area (Å²) in [4.78, 5) is 5.28. The van der Waals surface area contributed by atoms with Crippen LogP contribution < -0.4 is 4.74 Å². The maximum atomic E-state index is 10.6. The molecule has 2 aliphatic heterocycles. The van der Waals surface area contributed by atoms with Crippen molar-refractivity contribution in [2.45, 2.75) is 57.4 Å². The Labute approximate surface area is 172 Å². The molecule has 2 saturated carbocycles.